The molecule has 0 fully saturated rings. The molecule has 0 aliphatic carbocycles. The van der Waals surface area contributed by atoms with E-state index < -0.39 is 0 Å². The Morgan fingerprint density at radius 1 is 1.29 bits per heavy atom. The van der Waals surface area contributed by atoms with Crippen LogP contribution in [0.1, 0.15) is 13.3 Å². The number of ether oxygens (including phenoxy) is 1. The van der Waals surface area contributed by atoms with Gasteiger partial charge in [-0.1, -0.05) is 36.9 Å². The first-order chi connectivity index (χ1) is 10.4. The van der Waals surface area contributed by atoms with Crippen LogP contribution in [0.15, 0.2) is 35.5 Å². The van der Waals surface area contributed by atoms with E-state index >= 15 is 0 Å². The molecule has 1 heterocycles. The van der Waals surface area contributed by atoms with Crippen molar-refractivity contribution in [1.82, 2.24) is 25.5 Å². The molecule has 0 aliphatic heterocycles. The molecule has 0 saturated carbocycles. The first-order valence-electron chi connectivity index (χ1n) is 7.17. The van der Waals surface area contributed by atoms with Gasteiger partial charge in [-0.3, -0.25) is 0 Å². The van der Waals surface area contributed by atoms with Crippen molar-refractivity contribution in [1.29, 1.82) is 0 Å². The number of para-hydroxylation sites is 1. The third kappa shape index (κ3) is 5.73. The lowest BCUT2D eigenvalue weighted by Crippen LogP contribution is -2.20. The fourth-order valence-electron chi connectivity index (χ4n) is 1.73. The molecule has 0 unspecified atom stereocenters. The van der Waals surface area contributed by atoms with Crippen LogP contribution in [0, 0.1) is 0 Å². The van der Waals surface area contributed by atoms with Crippen molar-refractivity contribution < 1.29 is 4.74 Å². The average molecular weight is 307 g/mol. The zero-order valence-electron chi connectivity index (χ0n) is 12.2. The summed E-state index contributed by atoms with van der Waals surface area (Å²) in [5.74, 6) is 1.85. The second kappa shape index (κ2) is 9.36. The first-order valence-corrected chi connectivity index (χ1v) is 8.16. The normalized spacial score (nSPS) is 10.7. The molecule has 0 amide bonds. The van der Waals surface area contributed by atoms with Crippen LogP contribution >= 0.6 is 11.8 Å². The van der Waals surface area contributed by atoms with Gasteiger partial charge in [-0.2, -0.15) is 0 Å². The molecule has 0 bridgehead atoms. The third-order valence-electron chi connectivity index (χ3n) is 2.78. The maximum Gasteiger partial charge on any atom is 0.209 e. The van der Waals surface area contributed by atoms with E-state index in [2.05, 4.69) is 27.8 Å². The summed E-state index contributed by atoms with van der Waals surface area (Å²) in [6, 6.07) is 9.86. The summed E-state index contributed by atoms with van der Waals surface area (Å²) in [6.45, 7) is 5.43. The predicted octanol–water partition coefficient (Wildman–Crippen LogP) is 1.84. The fraction of sp³-hybridized carbons (Fsp3) is 0.500. The Bertz CT molecular complexity index is 505. The topological polar surface area (TPSA) is 64.9 Å². The van der Waals surface area contributed by atoms with E-state index in [0.717, 1.165) is 42.7 Å². The molecule has 0 aliphatic rings. The molecule has 0 spiro atoms. The van der Waals surface area contributed by atoms with E-state index in [1.165, 1.54) is 0 Å². The molecule has 1 N–H and O–H groups in total. The number of thioether (sulfide) groups is 1. The Morgan fingerprint density at radius 2 is 2.14 bits per heavy atom. The fourth-order valence-corrected chi connectivity index (χ4v) is 2.55. The molecule has 1 aromatic carbocycles. The summed E-state index contributed by atoms with van der Waals surface area (Å²) in [7, 11) is 0. The lowest BCUT2D eigenvalue weighted by atomic mass is 10.3. The van der Waals surface area contributed by atoms with Gasteiger partial charge in [0.25, 0.3) is 0 Å². The maximum absolute atomic E-state index is 5.65. The molecule has 2 rings (SSSR count). The standard InChI is InChI=1S/C14H21N5OS/c1-2-15-9-10-19-14(16-17-18-19)21-12-6-11-20-13-7-4-3-5-8-13/h3-5,7-8,15H,2,6,9-12H2,1H3. The molecule has 21 heavy (non-hydrogen) atoms. The number of nitrogens with one attached hydrogen (secondary N) is 1. The smallest absolute Gasteiger partial charge is 0.209 e. The van der Waals surface area contributed by atoms with Gasteiger partial charge in [0.05, 0.1) is 13.2 Å². The van der Waals surface area contributed by atoms with Gasteiger partial charge in [0.2, 0.25) is 5.16 Å². The predicted molar refractivity (Wildman–Crippen MR) is 83.6 cm³/mol. The van der Waals surface area contributed by atoms with Crippen LogP contribution < -0.4 is 10.1 Å². The van der Waals surface area contributed by atoms with Crippen molar-refractivity contribution in [3.63, 3.8) is 0 Å². The van der Waals surface area contributed by atoms with Crippen LogP contribution in [-0.4, -0.2) is 45.7 Å². The van der Waals surface area contributed by atoms with Gasteiger partial charge in [-0.05, 0) is 35.5 Å². The van der Waals surface area contributed by atoms with Crippen molar-refractivity contribution in [3.8, 4) is 5.75 Å². The highest BCUT2D eigenvalue weighted by molar-refractivity contribution is 7.99. The van der Waals surface area contributed by atoms with Crippen LogP contribution in [0.4, 0.5) is 0 Å². The highest BCUT2D eigenvalue weighted by atomic mass is 32.2. The summed E-state index contributed by atoms with van der Waals surface area (Å²) in [5, 5.41) is 15.9. The number of aromatic nitrogens is 4. The maximum atomic E-state index is 5.65. The second-order valence-electron chi connectivity index (χ2n) is 4.40. The van der Waals surface area contributed by atoms with Crippen LogP contribution in [0.5, 0.6) is 5.75 Å². The van der Waals surface area contributed by atoms with Crippen molar-refractivity contribution in [2.24, 2.45) is 0 Å². The van der Waals surface area contributed by atoms with Crippen molar-refractivity contribution in [2.45, 2.75) is 25.0 Å². The number of benzene rings is 1. The molecule has 6 nitrogen and oxygen atoms in total. The van der Waals surface area contributed by atoms with Gasteiger partial charge < -0.3 is 10.1 Å². The van der Waals surface area contributed by atoms with Gasteiger partial charge >= 0.3 is 0 Å². The van der Waals surface area contributed by atoms with E-state index in [1.807, 2.05) is 35.0 Å². The lowest BCUT2D eigenvalue weighted by Gasteiger charge is -2.06. The molecule has 0 saturated heterocycles. The first kappa shape index (κ1) is 15.8. The zero-order valence-corrected chi connectivity index (χ0v) is 13.1. The van der Waals surface area contributed by atoms with Gasteiger partial charge in [-0.15, -0.1) is 5.10 Å². The molecular formula is C14H21N5OS. The van der Waals surface area contributed by atoms with E-state index in [-0.39, 0.29) is 0 Å². The molecular weight excluding hydrogens is 286 g/mol. The number of likely N-dealkylation sites (N-methyl/N-ethyl adjacent to an activating group) is 1. The van der Waals surface area contributed by atoms with Crippen LogP contribution in [0.2, 0.25) is 0 Å². The lowest BCUT2D eigenvalue weighted by molar-refractivity contribution is 0.318. The summed E-state index contributed by atoms with van der Waals surface area (Å²) >= 11 is 1.67. The Hall–Kier alpha value is -1.60. The third-order valence-corrected chi connectivity index (χ3v) is 3.82. The number of rotatable bonds is 10. The monoisotopic (exact) mass is 307 g/mol. The van der Waals surface area contributed by atoms with E-state index in [0.29, 0.717) is 6.61 Å². The van der Waals surface area contributed by atoms with Crippen molar-refractivity contribution in [3.05, 3.63) is 30.3 Å². The minimum Gasteiger partial charge on any atom is -0.494 e. The molecule has 2 aromatic rings. The Labute approximate surface area is 129 Å². The summed E-state index contributed by atoms with van der Waals surface area (Å²) in [4.78, 5) is 0. The molecule has 0 atom stereocenters. The number of nitrogens with zero attached hydrogens (tertiary/aromatic N) is 4. The molecule has 114 valence electrons. The minimum absolute atomic E-state index is 0.704. The minimum atomic E-state index is 0.704. The van der Waals surface area contributed by atoms with Gasteiger partial charge in [-0.25, -0.2) is 4.68 Å². The van der Waals surface area contributed by atoms with Crippen molar-refractivity contribution >= 4 is 11.8 Å². The van der Waals surface area contributed by atoms with Crippen molar-refractivity contribution in [2.75, 3.05) is 25.4 Å². The number of hydrogen-bond acceptors (Lipinski definition) is 6. The SMILES string of the molecule is CCNCCn1nnnc1SCCCOc1ccccc1. The van der Waals surface area contributed by atoms with Gasteiger partial charge in [0, 0.05) is 12.3 Å². The zero-order chi connectivity index (χ0) is 14.8. The summed E-state index contributed by atoms with van der Waals surface area (Å²) in [6.07, 6.45) is 0.958. The van der Waals surface area contributed by atoms with E-state index in [1.54, 1.807) is 11.8 Å². The van der Waals surface area contributed by atoms with Crippen LogP contribution in [0.3, 0.4) is 0 Å². The number of hydrogen-bond donors (Lipinski definition) is 1. The molecule has 7 heteroatoms. The largest absolute Gasteiger partial charge is 0.494 e. The van der Waals surface area contributed by atoms with E-state index in [9.17, 15) is 0 Å². The average Bonchev–Trinajstić information content (AvgIpc) is 2.96. The van der Waals surface area contributed by atoms with Gasteiger partial charge in [0.15, 0.2) is 0 Å². The highest BCUT2D eigenvalue weighted by Gasteiger charge is 2.05. The quantitative estimate of drug-likeness (QED) is 0.534. The highest BCUT2D eigenvalue weighted by Crippen LogP contribution is 2.15. The Morgan fingerprint density at radius 3 is 2.95 bits per heavy atom. The second-order valence-corrected chi connectivity index (χ2v) is 5.46. The Kier molecular flexibility index (Phi) is 7.03. The summed E-state index contributed by atoms with van der Waals surface area (Å²) in [5.41, 5.74) is 0. The number of tetrazole rings is 1. The van der Waals surface area contributed by atoms with Crippen LogP contribution in [-0.2, 0) is 6.54 Å². The molecule has 0 radical (unpaired) electrons. The van der Waals surface area contributed by atoms with Gasteiger partial charge in [0.1, 0.15) is 5.75 Å². The van der Waals surface area contributed by atoms with E-state index in [4.69, 9.17) is 4.74 Å². The summed E-state index contributed by atoms with van der Waals surface area (Å²) < 4.78 is 7.49. The Balaban J connectivity index is 1.63. The molecule has 1 aromatic heterocycles. The van der Waals surface area contributed by atoms with Crippen LogP contribution in [0.25, 0.3) is 0 Å².